The van der Waals surface area contributed by atoms with Gasteiger partial charge < -0.3 is 154 Å². The summed E-state index contributed by atoms with van der Waals surface area (Å²) < 4.78 is 61.9. The van der Waals surface area contributed by atoms with Crippen LogP contribution >= 0.6 is 0 Å². The summed E-state index contributed by atoms with van der Waals surface area (Å²) in [5.74, 6) is -0.746. The number of nitrogens with one attached hydrogen (secondary N) is 1. The summed E-state index contributed by atoms with van der Waals surface area (Å²) in [4.78, 5) is 11.9. The lowest BCUT2D eigenvalue weighted by Gasteiger charge is -2.49. The summed E-state index contributed by atoms with van der Waals surface area (Å²) in [6.45, 7) is -4.67. The van der Waals surface area contributed by atoms with Gasteiger partial charge in [-0.1, -0.05) is 0 Å². The molecule has 408 valence electrons. The second-order valence-electron chi connectivity index (χ2n) is 17.5. The zero-order valence-corrected chi connectivity index (χ0v) is 37.0. The number of amides is 1. The maximum absolute atomic E-state index is 11.9. The van der Waals surface area contributed by atoms with E-state index in [1.807, 2.05) is 0 Å². The molecule has 6 rings (SSSR count). The Labute approximate surface area is 395 Å². The number of hydrogen-bond donors (Lipinski definition) is 20. The van der Waals surface area contributed by atoms with Crippen molar-refractivity contribution in [2.24, 2.45) is 0 Å². The summed E-state index contributed by atoms with van der Waals surface area (Å²) in [7, 11) is 0. The van der Waals surface area contributed by atoms with E-state index in [9.17, 15) is 102 Å². The summed E-state index contributed by atoms with van der Waals surface area (Å²) in [6, 6.07) is -1.59. The molecule has 6 aliphatic heterocycles. The standard InChI is InChI=1S/C38H65NO31/c1-8(45)39-15-21(51)29(13(6-44)61-33(15)59)67-37-28(58)31(68-35-25(55)22(52)16(46)9(2-40)63-35)20(50)14(66-37)7-60-34-27(57)30(19(49)12(5-43)62-34)69-38-32(24(54)18(48)11(4-42)65-38)70-36-26(56)23(53)17(47)10(3-41)64-36/h9-38,40-44,46-59H,2-7H2,1H3,(H,39,45)/t9-,10-,11-,12-,13-,14-,15-,16-,17-,18-,19-,20-,21-,22+,23+,24+,25+,26+,27+,28+,29-,30+,31+,32+,33-,34+,35-,36-,37+,38-/m1/s1. The molecule has 0 aromatic rings. The molecule has 30 atom stereocenters. The van der Waals surface area contributed by atoms with E-state index in [1.165, 1.54) is 0 Å². The first-order chi connectivity index (χ1) is 33.1. The molecule has 0 unspecified atom stereocenters. The van der Waals surface area contributed by atoms with E-state index < -0.39 is 230 Å². The molecule has 6 aliphatic rings. The van der Waals surface area contributed by atoms with Crippen molar-refractivity contribution in [3.63, 3.8) is 0 Å². The van der Waals surface area contributed by atoms with E-state index >= 15 is 0 Å². The molecule has 20 N–H and O–H groups in total. The quantitative estimate of drug-likeness (QED) is 0.0643. The van der Waals surface area contributed by atoms with Gasteiger partial charge in [-0.25, -0.2) is 0 Å². The molecule has 32 nitrogen and oxygen atoms in total. The number of aliphatic hydroxyl groups is 19. The Hall–Kier alpha value is -1.73. The number of carbonyl (C=O) groups excluding carboxylic acids is 1. The van der Waals surface area contributed by atoms with E-state index in [-0.39, 0.29) is 0 Å². The maximum atomic E-state index is 11.9. The molecule has 0 bridgehead atoms. The van der Waals surface area contributed by atoms with Gasteiger partial charge in [0.25, 0.3) is 0 Å². The topological polar surface area (TPSA) is 515 Å². The van der Waals surface area contributed by atoms with Crippen molar-refractivity contribution in [1.82, 2.24) is 5.32 Å². The van der Waals surface area contributed by atoms with Crippen molar-refractivity contribution in [2.75, 3.05) is 39.6 Å². The van der Waals surface area contributed by atoms with E-state index in [2.05, 4.69) is 5.32 Å². The average molecular weight is 1030 g/mol. The van der Waals surface area contributed by atoms with Crippen LogP contribution in [0, 0.1) is 0 Å². The van der Waals surface area contributed by atoms with E-state index in [4.69, 9.17) is 52.1 Å². The van der Waals surface area contributed by atoms with Gasteiger partial charge in [0.1, 0.15) is 146 Å². The maximum Gasteiger partial charge on any atom is 0.217 e. The van der Waals surface area contributed by atoms with Crippen molar-refractivity contribution in [3.05, 3.63) is 0 Å². The van der Waals surface area contributed by atoms with Gasteiger partial charge in [-0.05, 0) is 0 Å². The molecule has 0 aromatic carbocycles. The first-order valence-corrected chi connectivity index (χ1v) is 22.1. The van der Waals surface area contributed by atoms with E-state index in [0.29, 0.717) is 0 Å². The van der Waals surface area contributed by atoms with Gasteiger partial charge in [0.2, 0.25) is 5.91 Å². The fraction of sp³-hybridized carbons (Fsp3) is 0.974. The van der Waals surface area contributed by atoms with Gasteiger partial charge in [0.05, 0.1) is 39.6 Å². The van der Waals surface area contributed by atoms with Gasteiger partial charge in [-0.2, -0.15) is 0 Å². The Bertz CT molecular complexity index is 1630. The van der Waals surface area contributed by atoms with Crippen LogP contribution in [0.15, 0.2) is 0 Å². The third-order valence-electron chi connectivity index (χ3n) is 12.8. The van der Waals surface area contributed by atoms with E-state index in [1.54, 1.807) is 0 Å². The van der Waals surface area contributed by atoms with Crippen LogP contribution < -0.4 is 5.32 Å². The van der Waals surface area contributed by atoms with E-state index in [0.717, 1.165) is 6.92 Å². The minimum Gasteiger partial charge on any atom is -0.394 e. The zero-order valence-electron chi connectivity index (χ0n) is 37.0. The molecule has 32 heteroatoms. The number of hydrogen-bond acceptors (Lipinski definition) is 31. The Kier molecular flexibility index (Phi) is 20.3. The Morgan fingerprint density at radius 1 is 0.371 bits per heavy atom. The summed E-state index contributed by atoms with van der Waals surface area (Å²) in [5.41, 5.74) is 0. The van der Waals surface area contributed by atoms with Gasteiger partial charge in [0, 0.05) is 6.92 Å². The third kappa shape index (κ3) is 12.0. The number of aliphatic hydroxyl groups excluding tert-OH is 19. The van der Waals surface area contributed by atoms with Crippen molar-refractivity contribution >= 4 is 5.91 Å². The highest BCUT2D eigenvalue weighted by molar-refractivity contribution is 5.73. The molecule has 0 radical (unpaired) electrons. The van der Waals surface area contributed by atoms with Crippen LogP contribution in [0.3, 0.4) is 0 Å². The Morgan fingerprint density at radius 3 is 1.24 bits per heavy atom. The monoisotopic (exact) mass is 1030 g/mol. The predicted octanol–water partition coefficient (Wildman–Crippen LogP) is -14.0. The molecule has 6 saturated heterocycles. The van der Waals surface area contributed by atoms with Crippen LogP contribution in [-0.2, 0) is 56.9 Å². The molecule has 0 aliphatic carbocycles. The van der Waals surface area contributed by atoms with Crippen LogP contribution in [0.5, 0.6) is 0 Å². The highest BCUT2D eigenvalue weighted by Crippen LogP contribution is 2.36. The second kappa shape index (κ2) is 24.7. The smallest absolute Gasteiger partial charge is 0.217 e. The number of carbonyl (C=O) groups is 1. The minimum atomic E-state index is -2.20. The van der Waals surface area contributed by atoms with Gasteiger partial charge in [-0.15, -0.1) is 0 Å². The largest absolute Gasteiger partial charge is 0.394 e. The SMILES string of the molecule is CC(=O)N[C@@H]1[C@@H](O)[C@H](O[C@@H]2O[C@H](CO[C@H]3O[C@H](CO)[C@@H](O)[C@H](O[C@H]4O[C@H](CO)[C@@H](O)[C@H](O)[C@@H]4O[C@H]4O[C@H](CO)[C@@H](O)[C@H](O)[C@@H]4O)[C@@H]3O)[C@@H](O)[C@H](O[C@H]3O[C@H](CO)[C@@H](O)[C@H](O)[C@@H]3O)[C@@H]2O)[C@@H](CO)O[C@H]1O. The predicted molar refractivity (Wildman–Crippen MR) is 211 cm³/mol. The number of rotatable bonds is 17. The molecule has 6 fully saturated rings. The minimum absolute atomic E-state index is 0.746. The molecular formula is C38H65NO31. The Balaban J connectivity index is 1.24. The average Bonchev–Trinajstić information content (AvgIpc) is 3.33. The summed E-state index contributed by atoms with van der Waals surface area (Å²) in [5, 5.41) is 204. The van der Waals surface area contributed by atoms with Crippen LogP contribution in [-0.4, -0.2) is 327 Å². The lowest BCUT2D eigenvalue weighted by Crippen LogP contribution is -2.68. The molecule has 0 saturated carbocycles. The normalized spacial score (nSPS) is 51.5. The highest BCUT2D eigenvalue weighted by atomic mass is 16.8. The Morgan fingerprint density at radius 2 is 0.743 bits per heavy atom. The van der Waals surface area contributed by atoms with Crippen LogP contribution in [0.25, 0.3) is 0 Å². The second-order valence-corrected chi connectivity index (χ2v) is 17.5. The fourth-order valence-electron chi connectivity index (χ4n) is 8.78. The van der Waals surface area contributed by atoms with Crippen molar-refractivity contribution in [1.29, 1.82) is 0 Å². The molecule has 0 aromatic heterocycles. The first kappa shape index (κ1) is 57.5. The molecule has 6 heterocycles. The van der Waals surface area contributed by atoms with Gasteiger partial charge >= 0.3 is 0 Å². The zero-order chi connectivity index (χ0) is 51.6. The van der Waals surface area contributed by atoms with Crippen molar-refractivity contribution < 1.29 is 154 Å². The van der Waals surface area contributed by atoms with Crippen molar-refractivity contribution in [2.45, 2.75) is 191 Å². The summed E-state index contributed by atoms with van der Waals surface area (Å²) in [6.07, 6.45) is -56.2. The van der Waals surface area contributed by atoms with Gasteiger partial charge in [0.15, 0.2) is 37.7 Å². The third-order valence-corrected chi connectivity index (χ3v) is 12.8. The van der Waals surface area contributed by atoms with Crippen LogP contribution in [0.2, 0.25) is 0 Å². The van der Waals surface area contributed by atoms with Crippen LogP contribution in [0.1, 0.15) is 6.92 Å². The lowest BCUT2D eigenvalue weighted by atomic mass is 9.95. The molecule has 0 spiro atoms. The fourth-order valence-corrected chi connectivity index (χ4v) is 8.78. The molecule has 1 amide bonds. The first-order valence-electron chi connectivity index (χ1n) is 22.1. The lowest BCUT2D eigenvalue weighted by molar-refractivity contribution is -0.393. The van der Waals surface area contributed by atoms with Crippen LogP contribution in [0.4, 0.5) is 0 Å². The molecular weight excluding hydrogens is 966 g/mol. The molecule has 70 heavy (non-hydrogen) atoms. The summed E-state index contributed by atoms with van der Waals surface area (Å²) >= 11 is 0. The highest BCUT2D eigenvalue weighted by Gasteiger charge is 2.57. The van der Waals surface area contributed by atoms with Gasteiger partial charge in [-0.3, -0.25) is 4.79 Å². The number of ether oxygens (including phenoxy) is 11. The van der Waals surface area contributed by atoms with Crippen molar-refractivity contribution in [3.8, 4) is 0 Å².